The van der Waals surface area contributed by atoms with Gasteiger partial charge in [-0.25, -0.2) is 14.8 Å². The number of β-amino-alcohol motifs (C(OH)–C–C–N with tert-alkyl or cyclic N) is 1. The van der Waals surface area contributed by atoms with E-state index in [2.05, 4.69) is 15.3 Å². The first-order valence-electron chi connectivity index (χ1n) is 13.3. The van der Waals surface area contributed by atoms with Gasteiger partial charge in [0.05, 0.1) is 30.0 Å². The lowest BCUT2D eigenvalue weighted by Gasteiger charge is -2.22. The average Bonchev–Trinajstić information content (AvgIpc) is 3.75. The molecular weight excluding hydrogens is 544 g/mol. The van der Waals surface area contributed by atoms with E-state index in [9.17, 15) is 24.8 Å². The van der Waals surface area contributed by atoms with Crippen molar-refractivity contribution in [3.05, 3.63) is 83.2 Å². The van der Waals surface area contributed by atoms with Gasteiger partial charge in [-0.05, 0) is 30.2 Å². The number of pyridine rings is 1. The first-order chi connectivity index (χ1) is 20.2. The number of nitro groups is 1. The number of esters is 1. The molecule has 1 saturated heterocycles. The van der Waals surface area contributed by atoms with Crippen molar-refractivity contribution >= 4 is 29.2 Å². The number of carbonyl (C=O) groups is 2. The van der Waals surface area contributed by atoms with Crippen LogP contribution in [-0.4, -0.2) is 78.3 Å². The van der Waals surface area contributed by atoms with Crippen molar-refractivity contribution in [2.45, 2.75) is 31.5 Å². The molecular formula is C28H30N8O6. The van der Waals surface area contributed by atoms with Crippen LogP contribution in [0.15, 0.2) is 67.5 Å². The summed E-state index contributed by atoms with van der Waals surface area (Å²) in [5.74, 6) is -0.698. The molecule has 0 unspecified atom stereocenters. The van der Waals surface area contributed by atoms with E-state index in [0.717, 1.165) is 11.3 Å². The fourth-order valence-corrected chi connectivity index (χ4v) is 5.01. The molecule has 4 N–H and O–H groups in total. The second kappa shape index (κ2) is 12.1. The lowest BCUT2D eigenvalue weighted by molar-refractivity contribution is -0.384. The highest BCUT2D eigenvalue weighted by Gasteiger charge is 2.40. The molecule has 218 valence electrons. The summed E-state index contributed by atoms with van der Waals surface area (Å²) < 4.78 is 8.65. The van der Waals surface area contributed by atoms with Gasteiger partial charge in [-0.1, -0.05) is 12.1 Å². The van der Waals surface area contributed by atoms with Crippen LogP contribution in [-0.2, 0) is 16.1 Å². The van der Waals surface area contributed by atoms with Gasteiger partial charge in [-0.15, -0.1) is 0 Å². The highest BCUT2D eigenvalue weighted by molar-refractivity contribution is 6.02. The standard InChI is InChI=1S/C28H30N8O6/c1-42-28(39)24-13-20(37)14-35(24)27(38)22-16-33(11-2-9-31-25-8-7-23(36(40)41)26(29)32-25)15-21(22)18-3-5-19(6-4-18)34-12-10-30-17-34/h3-8,10,12,15-17,20,24,37H,2,9,11,13-14H2,1H3,(H3,29,31,32)/t20-,24+/m1/s1. The number of imidazole rings is 1. The molecule has 0 bridgehead atoms. The lowest BCUT2D eigenvalue weighted by Crippen LogP contribution is -2.41. The van der Waals surface area contributed by atoms with Gasteiger partial charge >= 0.3 is 11.7 Å². The Balaban J connectivity index is 1.36. The van der Waals surface area contributed by atoms with Crippen LogP contribution in [0.25, 0.3) is 16.8 Å². The van der Waals surface area contributed by atoms with Crippen molar-refractivity contribution < 1.29 is 24.4 Å². The summed E-state index contributed by atoms with van der Waals surface area (Å²) in [6, 6.07) is 9.59. The van der Waals surface area contributed by atoms with E-state index in [0.29, 0.717) is 36.5 Å². The van der Waals surface area contributed by atoms with E-state index in [1.165, 1.54) is 24.1 Å². The van der Waals surface area contributed by atoms with Crippen LogP contribution in [0.3, 0.4) is 0 Å². The number of aliphatic hydroxyl groups excluding tert-OH is 1. The third-order valence-electron chi connectivity index (χ3n) is 7.10. The number of nitrogens with zero attached hydrogens (tertiary/aromatic N) is 6. The van der Waals surface area contributed by atoms with Gasteiger partial charge in [-0.2, -0.15) is 0 Å². The third-order valence-corrected chi connectivity index (χ3v) is 7.10. The quantitative estimate of drug-likeness (QED) is 0.110. The van der Waals surface area contributed by atoms with Gasteiger partial charge in [0.2, 0.25) is 5.82 Å². The van der Waals surface area contributed by atoms with Gasteiger partial charge < -0.3 is 34.9 Å². The summed E-state index contributed by atoms with van der Waals surface area (Å²) in [5.41, 5.74) is 8.20. The molecule has 1 aromatic carbocycles. The second-order valence-electron chi connectivity index (χ2n) is 9.86. The number of hydrogen-bond acceptors (Lipinski definition) is 10. The molecule has 14 heteroatoms. The van der Waals surface area contributed by atoms with Crippen LogP contribution >= 0.6 is 0 Å². The zero-order chi connectivity index (χ0) is 29.8. The number of amides is 1. The fraction of sp³-hybridized carbons (Fsp3) is 0.286. The number of ether oxygens (including phenoxy) is 1. The van der Waals surface area contributed by atoms with Crippen LogP contribution in [0.5, 0.6) is 0 Å². The normalized spacial score (nSPS) is 16.4. The Bertz CT molecular complexity index is 1580. The van der Waals surface area contributed by atoms with E-state index in [1.807, 2.05) is 45.8 Å². The van der Waals surface area contributed by atoms with Gasteiger partial charge in [0.15, 0.2) is 0 Å². The van der Waals surface area contributed by atoms with Crippen molar-refractivity contribution in [1.29, 1.82) is 0 Å². The topological polar surface area (TPSA) is 184 Å². The van der Waals surface area contributed by atoms with E-state index < -0.39 is 23.0 Å². The molecule has 0 saturated carbocycles. The summed E-state index contributed by atoms with van der Waals surface area (Å²) in [6.45, 7) is 1.05. The molecule has 1 aliphatic rings. The molecule has 4 aromatic rings. The number of nitrogens with one attached hydrogen (secondary N) is 1. The van der Waals surface area contributed by atoms with Gasteiger partial charge in [0.25, 0.3) is 5.91 Å². The van der Waals surface area contributed by atoms with Crippen LogP contribution in [0.1, 0.15) is 23.2 Å². The Morgan fingerprint density at radius 2 is 2.00 bits per heavy atom. The fourth-order valence-electron chi connectivity index (χ4n) is 5.01. The molecule has 14 nitrogen and oxygen atoms in total. The van der Waals surface area contributed by atoms with E-state index in [-0.39, 0.29) is 30.4 Å². The molecule has 42 heavy (non-hydrogen) atoms. The predicted molar refractivity (Wildman–Crippen MR) is 153 cm³/mol. The number of aryl methyl sites for hydroxylation is 1. The molecule has 5 rings (SSSR count). The van der Waals surface area contributed by atoms with E-state index >= 15 is 0 Å². The summed E-state index contributed by atoms with van der Waals surface area (Å²) in [6.07, 6.45) is 8.75. The minimum atomic E-state index is -0.872. The van der Waals surface area contributed by atoms with Gasteiger partial charge in [-0.3, -0.25) is 14.9 Å². The first-order valence-corrected chi connectivity index (χ1v) is 13.3. The number of carbonyl (C=O) groups excluding carboxylic acids is 2. The molecule has 0 radical (unpaired) electrons. The molecule has 2 atom stereocenters. The maximum Gasteiger partial charge on any atom is 0.328 e. The number of aromatic nitrogens is 4. The number of anilines is 2. The largest absolute Gasteiger partial charge is 0.467 e. The minimum absolute atomic E-state index is 0.0259. The van der Waals surface area contributed by atoms with Crippen molar-refractivity contribution in [1.82, 2.24) is 24.0 Å². The van der Waals surface area contributed by atoms with Crippen LogP contribution < -0.4 is 11.1 Å². The zero-order valence-corrected chi connectivity index (χ0v) is 22.8. The van der Waals surface area contributed by atoms with Gasteiger partial charge in [0, 0.05) is 68.2 Å². The molecule has 3 aromatic heterocycles. The third kappa shape index (κ3) is 5.93. The first kappa shape index (κ1) is 28.3. The van der Waals surface area contributed by atoms with E-state index in [1.54, 1.807) is 18.7 Å². The average molecular weight is 575 g/mol. The maximum atomic E-state index is 13.8. The van der Waals surface area contributed by atoms with Crippen LogP contribution in [0.4, 0.5) is 17.3 Å². The number of benzene rings is 1. The van der Waals surface area contributed by atoms with Crippen molar-refractivity contribution in [3.63, 3.8) is 0 Å². The molecule has 1 fully saturated rings. The number of likely N-dealkylation sites (tertiary alicyclic amines) is 1. The molecule has 1 amide bonds. The lowest BCUT2D eigenvalue weighted by atomic mass is 10.0. The van der Waals surface area contributed by atoms with Crippen molar-refractivity contribution in [2.24, 2.45) is 0 Å². The minimum Gasteiger partial charge on any atom is -0.467 e. The summed E-state index contributed by atoms with van der Waals surface area (Å²) >= 11 is 0. The second-order valence-corrected chi connectivity index (χ2v) is 9.86. The van der Waals surface area contributed by atoms with E-state index in [4.69, 9.17) is 10.5 Å². The Morgan fingerprint density at radius 1 is 1.21 bits per heavy atom. The Labute approximate surface area is 240 Å². The number of nitrogens with two attached hydrogens (primary N) is 1. The van der Waals surface area contributed by atoms with Gasteiger partial charge in [0.1, 0.15) is 11.9 Å². The Morgan fingerprint density at radius 3 is 2.67 bits per heavy atom. The Hall–Kier alpha value is -5.24. The maximum absolute atomic E-state index is 13.8. The molecule has 0 spiro atoms. The monoisotopic (exact) mass is 574 g/mol. The number of hydrogen-bond donors (Lipinski definition) is 3. The summed E-state index contributed by atoms with van der Waals surface area (Å²) in [4.78, 5) is 46.0. The smallest absolute Gasteiger partial charge is 0.328 e. The number of aliphatic hydroxyl groups is 1. The Kier molecular flexibility index (Phi) is 8.15. The summed E-state index contributed by atoms with van der Waals surface area (Å²) in [5, 5.41) is 24.3. The highest BCUT2D eigenvalue weighted by atomic mass is 16.6. The van der Waals surface area contributed by atoms with Crippen LogP contribution in [0.2, 0.25) is 0 Å². The highest BCUT2D eigenvalue weighted by Crippen LogP contribution is 2.30. The molecule has 4 heterocycles. The van der Waals surface area contributed by atoms with Crippen molar-refractivity contribution in [3.8, 4) is 16.8 Å². The molecule has 0 aliphatic carbocycles. The predicted octanol–water partition coefficient (Wildman–Crippen LogP) is 2.48. The SMILES string of the molecule is COC(=O)[C@@H]1C[C@@H](O)CN1C(=O)c1cn(CCCNc2ccc([N+](=O)[O-])c(N)n2)cc1-c1ccc(-n2ccnc2)cc1. The van der Waals surface area contributed by atoms with Crippen molar-refractivity contribution in [2.75, 3.05) is 31.2 Å². The molecule has 1 aliphatic heterocycles. The summed E-state index contributed by atoms with van der Waals surface area (Å²) in [7, 11) is 1.26. The van der Waals surface area contributed by atoms with Crippen LogP contribution in [0, 0.1) is 10.1 Å². The number of nitrogen functional groups attached to an aromatic ring is 1. The zero-order valence-electron chi connectivity index (χ0n) is 22.8. The number of rotatable bonds is 10. The number of methoxy groups -OCH3 is 1.